The molecule has 2 heterocycles. The van der Waals surface area contributed by atoms with Gasteiger partial charge in [-0.25, -0.2) is 0 Å². The molecule has 2 rings (SSSR count). The molecule has 0 bridgehead atoms. The van der Waals surface area contributed by atoms with Gasteiger partial charge in [-0.1, -0.05) is 13.0 Å². The highest BCUT2D eigenvalue weighted by atomic mass is 15.2. The molecule has 2 unspecified atom stereocenters. The first-order chi connectivity index (χ1) is 6.66. The molecular formula is C12H18N2. The topological polar surface area (TPSA) is 16.1 Å². The van der Waals surface area contributed by atoms with Crippen LogP contribution in [0.15, 0.2) is 18.3 Å². The van der Waals surface area contributed by atoms with Crippen molar-refractivity contribution in [1.82, 2.24) is 9.88 Å². The standard InChI is InChI=1S/C12H18N2/c1-9-6-12(14(3)8-9)11-5-4-10(2)13-7-11/h4-5,7,9,12H,6,8H2,1-3H3. The van der Waals surface area contributed by atoms with Gasteiger partial charge in [-0.15, -0.1) is 0 Å². The molecule has 0 N–H and O–H groups in total. The van der Waals surface area contributed by atoms with Crippen LogP contribution >= 0.6 is 0 Å². The van der Waals surface area contributed by atoms with Crippen LogP contribution in [0, 0.1) is 12.8 Å². The Labute approximate surface area is 86.0 Å². The molecule has 0 aromatic carbocycles. The number of aromatic nitrogens is 1. The molecule has 14 heavy (non-hydrogen) atoms. The van der Waals surface area contributed by atoms with Crippen molar-refractivity contribution in [1.29, 1.82) is 0 Å². The van der Waals surface area contributed by atoms with Crippen LogP contribution in [-0.4, -0.2) is 23.5 Å². The highest BCUT2D eigenvalue weighted by Gasteiger charge is 2.27. The molecule has 1 aromatic rings. The zero-order chi connectivity index (χ0) is 10.1. The molecule has 1 fully saturated rings. The minimum absolute atomic E-state index is 0.582. The second-order valence-corrected chi connectivity index (χ2v) is 4.53. The van der Waals surface area contributed by atoms with E-state index in [0.29, 0.717) is 6.04 Å². The van der Waals surface area contributed by atoms with Gasteiger partial charge in [-0.3, -0.25) is 9.88 Å². The number of aryl methyl sites for hydroxylation is 1. The van der Waals surface area contributed by atoms with E-state index in [-0.39, 0.29) is 0 Å². The number of hydrogen-bond acceptors (Lipinski definition) is 2. The number of rotatable bonds is 1. The van der Waals surface area contributed by atoms with Crippen LogP contribution in [0.5, 0.6) is 0 Å². The van der Waals surface area contributed by atoms with E-state index in [1.165, 1.54) is 18.5 Å². The zero-order valence-electron chi connectivity index (χ0n) is 9.20. The Hall–Kier alpha value is -0.890. The van der Waals surface area contributed by atoms with Crippen molar-refractivity contribution in [3.8, 4) is 0 Å². The van der Waals surface area contributed by atoms with Crippen LogP contribution in [0.4, 0.5) is 0 Å². The van der Waals surface area contributed by atoms with Gasteiger partial charge >= 0.3 is 0 Å². The Kier molecular flexibility index (Phi) is 2.55. The molecule has 2 atom stereocenters. The molecule has 0 spiro atoms. The van der Waals surface area contributed by atoms with Crippen LogP contribution in [0.1, 0.15) is 30.6 Å². The Balaban J connectivity index is 2.19. The summed E-state index contributed by atoms with van der Waals surface area (Å²) >= 11 is 0. The van der Waals surface area contributed by atoms with Gasteiger partial charge in [-0.05, 0) is 37.9 Å². The van der Waals surface area contributed by atoms with Gasteiger partial charge in [-0.2, -0.15) is 0 Å². The first kappa shape index (κ1) is 9.66. The first-order valence-corrected chi connectivity index (χ1v) is 5.29. The molecule has 1 aliphatic heterocycles. The third-order valence-electron chi connectivity index (χ3n) is 3.08. The van der Waals surface area contributed by atoms with E-state index in [1.54, 1.807) is 0 Å². The summed E-state index contributed by atoms with van der Waals surface area (Å²) in [5.74, 6) is 0.811. The maximum Gasteiger partial charge on any atom is 0.0372 e. The van der Waals surface area contributed by atoms with Gasteiger partial charge in [0.25, 0.3) is 0 Å². The fraction of sp³-hybridized carbons (Fsp3) is 0.583. The SMILES string of the molecule is Cc1ccc(C2CC(C)CN2C)cn1. The molecule has 0 amide bonds. The van der Waals surface area contributed by atoms with Crippen molar-refractivity contribution in [2.45, 2.75) is 26.3 Å². The Morgan fingerprint density at radius 2 is 2.21 bits per heavy atom. The van der Waals surface area contributed by atoms with Gasteiger partial charge in [0.2, 0.25) is 0 Å². The lowest BCUT2D eigenvalue weighted by molar-refractivity contribution is 0.314. The second kappa shape index (κ2) is 3.70. The second-order valence-electron chi connectivity index (χ2n) is 4.53. The quantitative estimate of drug-likeness (QED) is 0.676. The normalized spacial score (nSPS) is 28.2. The molecule has 76 valence electrons. The predicted molar refractivity (Wildman–Crippen MR) is 58.1 cm³/mol. The minimum Gasteiger partial charge on any atom is -0.299 e. The number of nitrogens with zero attached hydrogens (tertiary/aromatic N) is 2. The zero-order valence-corrected chi connectivity index (χ0v) is 9.20. The van der Waals surface area contributed by atoms with Crippen LogP contribution < -0.4 is 0 Å². The van der Waals surface area contributed by atoms with E-state index < -0.39 is 0 Å². The molecule has 2 nitrogen and oxygen atoms in total. The minimum atomic E-state index is 0.582. The van der Waals surface area contributed by atoms with Crippen LogP contribution in [0.3, 0.4) is 0 Å². The first-order valence-electron chi connectivity index (χ1n) is 5.29. The van der Waals surface area contributed by atoms with Gasteiger partial charge in [0.1, 0.15) is 0 Å². The summed E-state index contributed by atoms with van der Waals surface area (Å²) in [5, 5.41) is 0. The lowest BCUT2D eigenvalue weighted by Crippen LogP contribution is -2.18. The maximum absolute atomic E-state index is 4.36. The number of likely N-dealkylation sites (tertiary alicyclic amines) is 1. The highest BCUT2D eigenvalue weighted by Crippen LogP contribution is 2.33. The van der Waals surface area contributed by atoms with Crippen molar-refractivity contribution < 1.29 is 0 Å². The van der Waals surface area contributed by atoms with E-state index in [1.807, 2.05) is 13.1 Å². The van der Waals surface area contributed by atoms with E-state index in [9.17, 15) is 0 Å². The molecule has 1 aromatic heterocycles. The monoisotopic (exact) mass is 190 g/mol. The molecule has 1 aliphatic rings. The number of pyridine rings is 1. The molecular weight excluding hydrogens is 172 g/mol. The third-order valence-corrected chi connectivity index (χ3v) is 3.08. The van der Waals surface area contributed by atoms with Crippen molar-refractivity contribution in [2.24, 2.45) is 5.92 Å². The van der Waals surface area contributed by atoms with E-state index in [2.05, 4.69) is 36.0 Å². The summed E-state index contributed by atoms with van der Waals surface area (Å²) in [7, 11) is 2.20. The van der Waals surface area contributed by atoms with Gasteiger partial charge in [0.05, 0.1) is 0 Å². The van der Waals surface area contributed by atoms with E-state index >= 15 is 0 Å². The molecule has 0 radical (unpaired) electrons. The summed E-state index contributed by atoms with van der Waals surface area (Å²) in [6.07, 6.45) is 3.29. The van der Waals surface area contributed by atoms with Crippen molar-refractivity contribution in [3.05, 3.63) is 29.6 Å². The van der Waals surface area contributed by atoms with E-state index in [4.69, 9.17) is 0 Å². The molecule has 0 aliphatic carbocycles. The summed E-state index contributed by atoms with van der Waals surface area (Å²) < 4.78 is 0. The van der Waals surface area contributed by atoms with Crippen LogP contribution in [-0.2, 0) is 0 Å². The summed E-state index contributed by atoms with van der Waals surface area (Å²) in [4.78, 5) is 6.78. The third kappa shape index (κ3) is 1.80. The van der Waals surface area contributed by atoms with Crippen LogP contribution in [0.25, 0.3) is 0 Å². The molecule has 0 saturated carbocycles. The predicted octanol–water partition coefficient (Wildman–Crippen LogP) is 2.40. The average Bonchev–Trinajstić information content (AvgIpc) is 2.47. The van der Waals surface area contributed by atoms with Crippen molar-refractivity contribution >= 4 is 0 Å². The lowest BCUT2D eigenvalue weighted by Gasteiger charge is -2.19. The van der Waals surface area contributed by atoms with Gasteiger partial charge in [0, 0.05) is 24.5 Å². The highest BCUT2D eigenvalue weighted by molar-refractivity contribution is 5.18. The van der Waals surface area contributed by atoms with Crippen LogP contribution in [0.2, 0.25) is 0 Å². The maximum atomic E-state index is 4.36. The Morgan fingerprint density at radius 3 is 2.71 bits per heavy atom. The summed E-state index contributed by atoms with van der Waals surface area (Å²) in [6, 6.07) is 4.89. The lowest BCUT2D eigenvalue weighted by atomic mass is 10.0. The van der Waals surface area contributed by atoms with E-state index in [0.717, 1.165) is 11.6 Å². The fourth-order valence-electron chi connectivity index (χ4n) is 2.32. The molecule has 1 saturated heterocycles. The van der Waals surface area contributed by atoms with Crippen molar-refractivity contribution in [2.75, 3.05) is 13.6 Å². The Morgan fingerprint density at radius 1 is 1.43 bits per heavy atom. The fourth-order valence-corrected chi connectivity index (χ4v) is 2.32. The smallest absolute Gasteiger partial charge is 0.0372 e. The van der Waals surface area contributed by atoms with Gasteiger partial charge in [0.15, 0.2) is 0 Å². The Bertz CT molecular complexity index is 305. The number of hydrogen-bond donors (Lipinski definition) is 0. The summed E-state index contributed by atoms with van der Waals surface area (Å²) in [5.41, 5.74) is 2.46. The average molecular weight is 190 g/mol. The largest absolute Gasteiger partial charge is 0.299 e. The van der Waals surface area contributed by atoms with Crippen molar-refractivity contribution in [3.63, 3.8) is 0 Å². The summed E-state index contributed by atoms with van der Waals surface area (Å²) in [6.45, 7) is 5.56. The molecule has 2 heteroatoms. The van der Waals surface area contributed by atoms with Gasteiger partial charge < -0.3 is 0 Å².